The zero-order valence-electron chi connectivity index (χ0n) is 19.6. The number of carbonyl (C=O) groups is 1. The lowest BCUT2D eigenvalue weighted by Crippen LogP contribution is -2.24. The minimum absolute atomic E-state index is 0.0409. The van der Waals surface area contributed by atoms with E-state index in [1.807, 2.05) is 85.8 Å². The molecule has 5 nitrogen and oxygen atoms in total. The van der Waals surface area contributed by atoms with Gasteiger partial charge in [-0.25, -0.2) is 4.98 Å². The number of pyridine rings is 1. The molecule has 1 heterocycles. The van der Waals surface area contributed by atoms with Crippen molar-refractivity contribution in [1.82, 2.24) is 4.98 Å². The maximum absolute atomic E-state index is 11.8. The van der Waals surface area contributed by atoms with Gasteiger partial charge in [-0.3, -0.25) is 4.79 Å². The predicted octanol–water partition coefficient (Wildman–Crippen LogP) is 6.53. The zero-order valence-corrected chi connectivity index (χ0v) is 19.6. The van der Waals surface area contributed by atoms with Gasteiger partial charge < -0.3 is 14.2 Å². The van der Waals surface area contributed by atoms with E-state index in [1.54, 1.807) is 6.92 Å². The van der Waals surface area contributed by atoms with Crippen molar-refractivity contribution >= 4 is 16.7 Å². The molecule has 0 aliphatic rings. The minimum atomic E-state index is -0.410. The number of carbonyl (C=O) groups excluding carboxylic acids is 1. The molecule has 0 amide bonds. The number of fused-ring (bicyclic) bond motifs is 1. The van der Waals surface area contributed by atoms with Gasteiger partial charge in [-0.05, 0) is 55.3 Å². The summed E-state index contributed by atoms with van der Waals surface area (Å²) in [5, 5.41) is 1.11. The van der Waals surface area contributed by atoms with Gasteiger partial charge in [0.1, 0.15) is 30.5 Å². The Kier molecular flexibility index (Phi) is 7.76. The molecule has 1 atom stereocenters. The van der Waals surface area contributed by atoms with Crippen molar-refractivity contribution in [3.63, 3.8) is 0 Å². The van der Waals surface area contributed by atoms with Crippen LogP contribution in [0.1, 0.15) is 37.9 Å². The number of hydrogen-bond acceptors (Lipinski definition) is 5. The van der Waals surface area contributed by atoms with Crippen LogP contribution in [0.2, 0.25) is 0 Å². The smallest absolute Gasteiger partial charge is 0.170 e. The van der Waals surface area contributed by atoms with E-state index in [0.29, 0.717) is 36.9 Å². The van der Waals surface area contributed by atoms with Crippen LogP contribution in [0.5, 0.6) is 17.2 Å². The number of para-hydroxylation sites is 1. The molecule has 1 aromatic heterocycles. The average Bonchev–Trinajstić information content (AvgIpc) is 2.86. The van der Waals surface area contributed by atoms with Gasteiger partial charge in [0, 0.05) is 11.5 Å². The molecule has 0 spiro atoms. The molecule has 0 bridgehead atoms. The van der Waals surface area contributed by atoms with Crippen LogP contribution in [0.15, 0.2) is 84.9 Å². The Bertz CT molecular complexity index is 1250. The lowest BCUT2D eigenvalue weighted by Gasteiger charge is -2.16. The molecule has 0 aliphatic carbocycles. The van der Waals surface area contributed by atoms with Crippen LogP contribution in [0.3, 0.4) is 0 Å². The Morgan fingerprint density at radius 3 is 2.35 bits per heavy atom. The maximum atomic E-state index is 11.8. The number of ether oxygens (including phenoxy) is 3. The van der Waals surface area contributed by atoms with Crippen molar-refractivity contribution in [2.75, 3.05) is 0 Å². The van der Waals surface area contributed by atoms with Gasteiger partial charge in [-0.15, -0.1) is 0 Å². The number of hydrogen-bond donors (Lipinski definition) is 0. The Morgan fingerprint density at radius 2 is 1.56 bits per heavy atom. The van der Waals surface area contributed by atoms with Crippen LogP contribution in [-0.2, 0) is 18.0 Å². The Hall–Kier alpha value is -3.86. The van der Waals surface area contributed by atoms with Crippen LogP contribution in [-0.4, -0.2) is 16.9 Å². The summed E-state index contributed by atoms with van der Waals surface area (Å²) in [6, 6.07) is 27.3. The van der Waals surface area contributed by atoms with Crippen molar-refractivity contribution in [1.29, 1.82) is 0 Å². The van der Waals surface area contributed by atoms with E-state index in [4.69, 9.17) is 14.2 Å². The number of benzene rings is 3. The molecule has 0 radical (unpaired) electrons. The summed E-state index contributed by atoms with van der Waals surface area (Å²) in [4.78, 5) is 16.5. The van der Waals surface area contributed by atoms with Gasteiger partial charge in [0.15, 0.2) is 11.9 Å². The molecule has 1 unspecified atom stereocenters. The first-order chi connectivity index (χ1) is 16.6. The molecule has 34 heavy (non-hydrogen) atoms. The van der Waals surface area contributed by atoms with Crippen LogP contribution >= 0.6 is 0 Å². The van der Waals surface area contributed by atoms with E-state index in [9.17, 15) is 4.79 Å². The number of rotatable bonds is 11. The van der Waals surface area contributed by atoms with E-state index >= 15 is 0 Å². The molecule has 0 fully saturated rings. The molecule has 0 saturated heterocycles. The first-order valence-corrected chi connectivity index (χ1v) is 11.6. The monoisotopic (exact) mass is 455 g/mol. The summed E-state index contributed by atoms with van der Waals surface area (Å²) in [5.74, 6) is 2.14. The summed E-state index contributed by atoms with van der Waals surface area (Å²) < 4.78 is 17.8. The summed E-state index contributed by atoms with van der Waals surface area (Å²) in [7, 11) is 0. The maximum Gasteiger partial charge on any atom is 0.170 e. The number of ketones is 1. The zero-order chi connectivity index (χ0) is 23.8. The lowest BCUT2D eigenvalue weighted by molar-refractivity contribution is -0.123. The van der Waals surface area contributed by atoms with Crippen molar-refractivity contribution < 1.29 is 19.0 Å². The molecular formula is C29H29NO4. The summed E-state index contributed by atoms with van der Waals surface area (Å²) in [6.07, 6.45) is 1.19. The highest BCUT2D eigenvalue weighted by Crippen LogP contribution is 2.23. The molecule has 4 aromatic rings. The van der Waals surface area contributed by atoms with E-state index in [1.165, 1.54) is 0 Å². The van der Waals surface area contributed by atoms with Crippen LogP contribution < -0.4 is 14.2 Å². The summed E-state index contributed by atoms with van der Waals surface area (Å²) >= 11 is 0. The lowest BCUT2D eigenvalue weighted by atomic mass is 10.1. The van der Waals surface area contributed by atoms with Gasteiger partial charge in [0.2, 0.25) is 0 Å². The standard InChI is InChI=1S/C29H29NO4/c1-3-8-29(21(2)31)34-27-13-6-9-22(17-27)19-32-25-11-7-12-26(18-25)33-20-24-16-15-23-10-4-5-14-28(23)30-24/h4-7,9-18,29H,3,8,19-20H2,1-2H3. The van der Waals surface area contributed by atoms with E-state index in [2.05, 4.69) is 11.1 Å². The quantitative estimate of drug-likeness (QED) is 0.257. The van der Waals surface area contributed by atoms with Gasteiger partial charge in [-0.1, -0.05) is 55.8 Å². The Morgan fingerprint density at radius 1 is 0.824 bits per heavy atom. The second kappa shape index (κ2) is 11.3. The molecule has 0 aliphatic heterocycles. The van der Waals surface area contributed by atoms with Gasteiger partial charge >= 0.3 is 0 Å². The summed E-state index contributed by atoms with van der Waals surface area (Å²) in [5.41, 5.74) is 2.79. The highest BCUT2D eigenvalue weighted by molar-refractivity contribution is 5.80. The minimum Gasteiger partial charge on any atom is -0.489 e. The van der Waals surface area contributed by atoms with Crippen LogP contribution in [0, 0.1) is 0 Å². The molecule has 5 heteroatoms. The largest absolute Gasteiger partial charge is 0.489 e. The van der Waals surface area contributed by atoms with E-state index in [-0.39, 0.29) is 5.78 Å². The molecule has 4 rings (SSSR count). The highest BCUT2D eigenvalue weighted by atomic mass is 16.5. The second-order valence-electron chi connectivity index (χ2n) is 8.20. The topological polar surface area (TPSA) is 57.6 Å². The first kappa shape index (κ1) is 23.3. The van der Waals surface area contributed by atoms with Crippen molar-refractivity contribution in [2.24, 2.45) is 0 Å². The Balaban J connectivity index is 1.34. The number of Topliss-reactive ketones (excluding diaryl/α,β-unsaturated/α-hetero) is 1. The fourth-order valence-corrected chi connectivity index (χ4v) is 3.65. The van der Waals surface area contributed by atoms with E-state index in [0.717, 1.165) is 28.6 Å². The normalized spacial score (nSPS) is 11.7. The van der Waals surface area contributed by atoms with Crippen LogP contribution in [0.4, 0.5) is 0 Å². The molecule has 174 valence electrons. The van der Waals surface area contributed by atoms with Crippen molar-refractivity contribution in [2.45, 2.75) is 46.0 Å². The van der Waals surface area contributed by atoms with Gasteiger partial charge in [0.25, 0.3) is 0 Å². The number of aromatic nitrogens is 1. The molecule has 3 aromatic carbocycles. The third-order valence-electron chi connectivity index (χ3n) is 5.43. The predicted molar refractivity (Wildman–Crippen MR) is 133 cm³/mol. The van der Waals surface area contributed by atoms with Crippen molar-refractivity contribution in [3.05, 3.63) is 96.2 Å². The SMILES string of the molecule is CCCC(Oc1cccc(COc2cccc(OCc3ccc4ccccc4n3)c2)c1)C(C)=O. The third-order valence-corrected chi connectivity index (χ3v) is 5.43. The van der Waals surface area contributed by atoms with Crippen molar-refractivity contribution in [3.8, 4) is 17.2 Å². The van der Waals surface area contributed by atoms with Gasteiger partial charge in [0.05, 0.1) is 11.2 Å². The summed E-state index contributed by atoms with van der Waals surface area (Å²) in [6.45, 7) is 4.37. The first-order valence-electron chi connectivity index (χ1n) is 11.6. The Labute approximate surface area is 200 Å². The third kappa shape index (κ3) is 6.35. The van der Waals surface area contributed by atoms with E-state index < -0.39 is 6.10 Å². The highest BCUT2D eigenvalue weighted by Gasteiger charge is 2.15. The molecular weight excluding hydrogens is 426 g/mol. The fraction of sp³-hybridized carbons (Fsp3) is 0.241. The molecule has 0 saturated carbocycles. The number of nitrogens with zero attached hydrogens (tertiary/aromatic N) is 1. The molecule has 0 N–H and O–H groups in total. The van der Waals surface area contributed by atoms with Gasteiger partial charge in [-0.2, -0.15) is 0 Å². The average molecular weight is 456 g/mol. The second-order valence-corrected chi connectivity index (χ2v) is 8.20. The fourth-order valence-electron chi connectivity index (χ4n) is 3.65. The van der Waals surface area contributed by atoms with Crippen LogP contribution in [0.25, 0.3) is 10.9 Å².